The molecular formula is C3H9O6P. The van der Waals surface area contributed by atoms with Gasteiger partial charge in [0, 0.05) is 7.11 Å². The highest BCUT2D eigenvalue weighted by atomic mass is 31.2. The van der Waals surface area contributed by atoms with Gasteiger partial charge in [-0.25, -0.2) is 9.45 Å². The normalized spacial score (nSPS) is 11.9. The summed E-state index contributed by atoms with van der Waals surface area (Å²) in [5.41, 5.74) is 0. The van der Waals surface area contributed by atoms with Crippen LogP contribution in [-0.2, 0) is 18.9 Å². The van der Waals surface area contributed by atoms with Gasteiger partial charge in [0.2, 0.25) is 0 Å². The highest BCUT2D eigenvalue weighted by Gasteiger charge is 2.14. The maximum absolute atomic E-state index is 9.90. The van der Waals surface area contributed by atoms with Gasteiger partial charge in [0.05, 0.1) is 6.61 Å². The molecule has 0 aliphatic carbocycles. The third-order valence-corrected chi connectivity index (χ3v) is 0.820. The molecule has 0 fully saturated rings. The molecule has 0 atom stereocenters. The Hall–Kier alpha value is 0.0300. The van der Waals surface area contributed by atoms with Crippen LogP contribution in [0.25, 0.3) is 0 Å². The maximum atomic E-state index is 9.90. The van der Waals surface area contributed by atoms with Crippen LogP contribution < -0.4 is 0 Å². The summed E-state index contributed by atoms with van der Waals surface area (Å²) in [6.07, 6.45) is 0. The van der Waals surface area contributed by atoms with E-state index in [1.807, 2.05) is 0 Å². The maximum Gasteiger partial charge on any atom is 0.496 e. The summed E-state index contributed by atoms with van der Waals surface area (Å²) in [5, 5.41) is 0. The number of rotatable bonds is 5. The van der Waals surface area contributed by atoms with Crippen LogP contribution in [0.1, 0.15) is 0 Å². The zero-order chi connectivity index (χ0) is 8.04. The molecule has 0 spiro atoms. The van der Waals surface area contributed by atoms with E-state index >= 15 is 0 Å². The second-order valence-corrected chi connectivity index (χ2v) is 2.51. The first-order valence-corrected chi connectivity index (χ1v) is 3.95. The molecule has 0 aromatic heterocycles. The predicted molar refractivity (Wildman–Crippen MR) is 31.0 cm³/mol. The summed E-state index contributed by atoms with van der Waals surface area (Å²) in [5.74, 6) is 0. The van der Waals surface area contributed by atoms with Gasteiger partial charge in [0.1, 0.15) is 6.61 Å². The summed E-state index contributed by atoms with van der Waals surface area (Å²) in [6, 6.07) is 0. The Bertz CT molecular complexity index is 118. The molecule has 0 saturated heterocycles. The lowest BCUT2D eigenvalue weighted by atomic mass is 10.8. The first-order valence-electron chi connectivity index (χ1n) is 2.42. The van der Waals surface area contributed by atoms with Gasteiger partial charge in [-0.2, -0.15) is 0 Å². The molecule has 0 heterocycles. The minimum absolute atomic E-state index is 0.0123. The lowest BCUT2D eigenvalue weighted by Crippen LogP contribution is -2.01. The molecule has 0 amide bonds. The van der Waals surface area contributed by atoms with Crippen molar-refractivity contribution in [2.45, 2.75) is 0 Å². The van der Waals surface area contributed by atoms with Gasteiger partial charge >= 0.3 is 7.82 Å². The second-order valence-electron chi connectivity index (χ2n) is 1.38. The highest BCUT2D eigenvalue weighted by Crippen LogP contribution is 2.35. The summed E-state index contributed by atoms with van der Waals surface area (Å²) >= 11 is 0. The highest BCUT2D eigenvalue weighted by molar-refractivity contribution is 7.46. The molecule has 2 N–H and O–H groups in total. The number of ether oxygens (including phenoxy) is 1. The van der Waals surface area contributed by atoms with Crippen molar-refractivity contribution in [2.24, 2.45) is 0 Å². The number of methoxy groups -OCH3 is 1. The summed E-state index contributed by atoms with van der Waals surface area (Å²) in [4.78, 5) is 20.1. The fourth-order valence-electron chi connectivity index (χ4n) is 0.223. The predicted octanol–water partition coefficient (Wildman–Crippen LogP) is -0.326. The molecule has 62 valence electrons. The van der Waals surface area contributed by atoms with Gasteiger partial charge in [0.25, 0.3) is 0 Å². The minimum Gasteiger partial charge on any atom is -0.382 e. The first kappa shape index (κ1) is 10.0. The van der Waals surface area contributed by atoms with Gasteiger partial charge in [-0.3, -0.25) is 0 Å². The first-order chi connectivity index (χ1) is 4.56. The molecule has 7 heteroatoms. The summed E-state index contributed by atoms with van der Waals surface area (Å²) in [7, 11) is -3.05. The van der Waals surface area contributed by atoms with E-state index in [1.54, 1.807) is 0 Å². The van der Waals surface area contributed by atoms with Gasteiger partial charge in [-0.15, -0.1) is 4.67 Å². The lowest BCUT2D eigenvalue weighted by Gasteiger charge is -2.02. The number of phosphoric acid groups is 1. The van der Waals surface area contributed by atoms with E-state index in [2.05, 4.69) is 14.3 Å². The number of hydrogen-bond donors (Lipinski definition) is 2. The molecule has 0 radical (unpaired) electrons. The zero-order valence-corrected chi connectivity index (χ0v) is 6.28. The molecule has 10 heavy (non-hydrogen) atoms. The van der Waals surface area contributed by atoms with Gasteiger partial charge < -0.3 is 14.5 Å². The Labute approximate surface area is 57.9 Å². The fraction of sp³-hybridized carbons (Fsp3) is 1.00. The van der Waals surface area contributed by atoms with Crippen molar-refractivity contribution in [3.8, 4) is 0 Å². The Morgan fingerprint density at radius 2 is 2.00 bits per heavy atom. The molecule has 0 rings (SSSR count). The van der Waals surface area contributed by atoms with Crippen molar-refractivity contribution in [3.05, 3.63) is 0 Å². The smallest absolute Gasteiger partial charge is 0.382 e. The third kappa shape index (κ3) is 8.03. The standard InChI is InChI=1S/C3H9O6P/c1-7-2-3-8-9-10(4,5)6/h2-3H2,1H3,(H2,4,5,6). The molecule has 0 aliphatic rings. The Morgan fingerprint density at radius 3 is 2.40 bits per heavy atom. The van der Waals surface area contributed by atoms with E-state index in [9.17, 15) is 4.57 Å². The van der Waals surface area contributed by atoms with Crippen LogP contribution in [-0.4, -0.2) is 30.1 Å². The molecule has 6 nitrogen and oxygen atoms in total. The van der Waals surface area contributed by atoms with Crippen LogP contribution in [0.4, 0.5) is 0 Å². The Morgan fingerprint density at radius 1 is 1.40 bits per heavy atom. The Kier molecular flexibility index (Phi) is 4.80. The van der Waals surface area contributed by atoms with Crippen LogP contribution in [0.5, 0.6) is 0 Å². The fourth-order valence-corrected chi connectivity index (χ4v) is 0.435. The average Bonchev–Trinajstić information content (AvgIpc) is 1.78. The van der Waals surface area contributed by atoms with Gasteiger partial charge in [-0.05, 0) is 0 Å². The quantitative estimate of drug-likeness (QED) is 0.255. The molecule has 0 aliphatic heterocycles. The third-order valence-electron chi connectivity index (χ3n) is 0.521. The van der Waals surface area contributed by atoms with Crippen molar-refractivity contribution >= 4 is 7.82 Å². The molecule has 0 bridgehead atoms. The number of hydrogen-bond acceptors (Lipinski definition) is 4. The van der Waals surface area contributed by atoms with Crippen LogP contribution in [0, 0.1) is 0 Å². The molecule has 0 aromatic rings. The molecule has 0 unspecified atom stereocenters. The lowest BCUT2D eigenvalue weighted by molar-refractivity contribution is -0.228. The zero-order valence-electron chi connectivity index (χ0n) is 5.39. The molecular weight excluding hydrogens is 163 g/mol. The second kappa shape index (κ2) is 4.79. The van der Waals surface area contributed by atoms with E-state index < -0.39 is 7.82 Å². The average molecular weight is 172 g/mol. The van der Waals surface area contributed by atoms with Crippen LogP contribution in [0.2, 0.25) is 0 Å². The largest absolute Gasteiger partial charge is 0.496 e. The Balaban J connectivity index is 3.13. The minimum atomic E-state index is -4.48. The van der Waals surface area contributed by atoms with Crippen molar-refractivity contribution in [2.75, 3.05) is 20.3 Å². The van der Waals surface area contributed by atoms with Crippen LogP contribution >= 0.6 is 7.82 Å². The topological polar surface area (TPSA) is 85.2 Å². The summed E-state index contributed by atoms with van der Waals surface area (Å²) in [6.45, 7) is 0.210. The van der Waals surface area contributed by atoms with Gasteiger partial charge in [-0.1, -0.05) is 0 Å². The van der Waals surface area contributed by atoms with Crippen molar-refractivity contribution in [1.82, 2.24) is 0 Å². The molecule has 0 aromatic carbocycles. The van der Waals surface area contributed by atoms with Crippen LogP contribution in [0.15, 0.2) is 0 Å². The SMILES string of the molecule is COCCOOP(=O)(O)O. The van der Waals surface area contributed by atoms with E-state index in [4.69, 9.17) is 9.79 Å². The van der Waals surface area contributed by atoms with Crippen LogP contribution in [0.3, 0.4) is 0 Å². The van der Waals surface area contributed by atoms with Crippen molar-refractivity contribution in [1.29, 1.82) is 0 Å². The van der Waals surface area contributed by atoms with Gasteiger partial charge in [0.15, 0.2) is 0 Å². The van der Waals surface area contributed by atoms with Crippen molar-refractivity contribution < 1.29 is 28.7 Å². The van der Waals surface area contributed by atoms with Crippen molar-refractivity contribution in [3.63, 3.8) is 0 Å². The van der Waals surface area contributed by atoms with E-state index in [0.717, 1.165) is 0 Å². The van der Waals surface area contributed by atoms with E-state index in [0.29, 0.717) is 0 Å². The summed E-state index contributed by atoms with van der Waals surface area (Å²) < 4.78 is 18.0. The molecule has 0 saturated carbocycles. The van der Waals surface area contributed by atoms with E-state index in [1.165, 1.54) is 7.11 Å². The van der Waals surface area contributed by atoms with E-state index in [-0.39, 0.29) is 13.2 Å². The monoisotopic (exact) mass is 172 g/mol.